The van der Waals surface area contributed by atoms with Gasteiger partial charge in [0.2, 0.25) is 34.7 Å². The van der Waals surface area contributed by atoms with Gasteiger partial charge in [0.05, 0.1) is 0 Å². The summed E-state index contributed by atoms with van der Waals surface area (Å²) in [5.74, 6) is -3.32. The summed E-state index contributed by atoms with van der Waals surface area (Å²) >= 11 is 0. The Hall–Kier alpha value is -3.57. The molecule has 3 aliphatic rings. The lowest BCUT2D eigenvalue weighted by Gasteiger charge is -2.35. The van der Waals surface area contributed by atoms with Gasteiger partial charge >= 0.3 is 0 Å². The van der Waals surface area contributed by atoms with E-state index in [4.69, 9.17) is 28.4 Å². The van der Waals surface area contributed by atoms with Crippen molar-refractivity contribution in [1.82, 2.24) is 0 Å². The molecule has 0 saturated heterocycles. The van der Waals surface area contributed by atoms with Crippen molar-refractivity contribution in [3.8, 4) is 0 Å². The monoisotopic (exact) mass is 702 g/mol. The summed E-state index contributed by atoms with van der Waals surface area (Å²) in [7, 11) is 0. The van der Waals surface area contributed by atoms with Crippen molar-refractivity contribution in [3.05, 3.63) is 106 Å². The fourth-order valence-corrected chi connectivity index (χ4v) is 7.11. The van der Waals surface area contributed by atoms with Crippen LogP contribution >= 0.6 is 0 Å². The molecule has 276 valence electrons. The molecule has 3 aromatic rings. The van der Waals surface area contributed by atoms with Crippen LogP contribution in [-0.4, -0.2) is 74.4 Å². The highest BCUT2D eigenvalue weighted by molar-refractivity contribution is 6.06. The van der Waals surface area contributed by atoms with Crippen LogP contribution in [0.5, 0.6) is 0 Å². The Morgan fingerprint density at radius 1 is 0.431 bits per heavy atom. The van der Waals surface area contributed by atoms with Crippen molar-refractivity contribution in [2.24, 2.45) is 0 Å². The molecule has 0 unspecified atom stereocenters. The molecule has 0 atom stereocenters. The first kappa shape index (κ1) is 40.2. The number of benzene rings is 3. The average Bonchev–Trinajstić information content (AvgIpc) is 3.33. The van der Waals surface area contributed by atoms with Crippen LogP contribution in [-0.2, 0) is 47.7 Å². The van der Waals surface area contributed by atoms with E-state index >= 15 is 0 Å². The van der Waals surface area contributed by atoms with Gasteiger partial charge in [0.15, 0.2) is 0 Å². The zero-order valence-corrected chi connectivity index (χ0v) is 31.1. The fourth-order valence-electron chi connectivity index (χ4n) is 7.11. The zero-order chi connectivity index (χ0) is 36.9. The molecule has 0 amide bonds. The number of Topliss-reactive ketones (excluding diaryl/α,β-unsaturated/α-hetero) is 3. The van der Waals surface area contributed by atoms with Gasteiger partial charge in [0.25, 0.3) is 0 Å². The van der Waals surface area contributed by atoms with Gasteiger partial charge in [-0.1, -0.05) is 72.8 Å². The van der Waals surface area contributed by atoms with Crippen molar-refractivity contribution in [2.45, 2.75) is 97.4 Å². The van der Waals surface area contributed by atoms with Crippen LogP contribution in [0, 0.1) is 0 Å². The number of fused-ring (bicyclic) bond motifs is 3. The minimum atomic E-state index is -1.08. The topological polar surface area (TPSA) is 107 Å². The molecule has 6 rings (SSSR count). The van der Waals surface area contributed by atoms with E-state index in [1.165, 1.54) is 0 Å². The molecule has 0 aliphatic heterocycles. The van der Waals surface area contributed by atoms with Gasteiger partial charge in [-0.15, -0.1) is 0 Å². The molecule has 3 aromatic carbocycles. The number of carbonyl (C=O) groups is 3. The lowest BCUT2D eigenvalue weighted by molar-refractivity contribution is -0.201. The second-order valence-electron chi connectivity index (χ2n) is 12.3. The Morgan fingerprint density at radius 3 is 1.20 bits per heavy atom. The summed E-state index contributed by atoms with van der Waals surface area (Å²) in [6.45, 7) is 14.2. The van der Waals surface area contributed by atoms with Crippen molar-refractivity contribution >= 4 is 17.3 Å². The van der Waals surface area contributed by atoms with Gasteiger partial charge in [-0.05, 0) is 77.5 Å². The van der Waals surface area contributed by atoms with Gasteiger partial charge in [0, 0.05) is 75.6 Å². The number of ketones is 3. The van der Waals surface area contributed by atoms with E-state index in [0.29, 0.717) is 58.9 Å². The Morgan fingerprint density at radius 2 is 0.765 bits per heavy atom. The van der Waals surface area contributed by atoms with Gasteiger partial charge in [0.1, 0.15) is 0 Å². The highest BCUT2D eigenvalue weighted by Crippen LogP contribution is 2.35. The normalized spacial score (nSPS) is 17.9. The highest BCUT2D eigenvalue weighted by Gasteiger charge is 2.48. The first-order valence-corrected chi connectivity index (χ1v) is 18.4. The minimum Gasteiger partial charge on any atom is -0.344 e. The second-order valence-corrected chi connectivity index (χ2v) is 12.3. The third kappa shape index (κ3) is 8.91. The molecule has 3 aliphatic carbocycles. The molecule has 0 radical (unpaired) electrons. The summed E-state index contributed by atoms with van der Waals surface area (Å²) in [5.41, 5.74) is 5.41. The van der Waals surface area contributed by atoms with Crippen molar-refractivity contribution < 1.29 is 42.8 Å². The number of rotatable bonds is 12. The standard InChI is InChI=1S/C15H20O3.C14H18O3.C13H16O3/c1-3-17-15(18-4-2)11-7-9-12-8-5-6-10-13(12)14(15)16;1-3-16-14(17-4-2)10-9-11-7-5-6-8-12(11)13(14)15;1-3-15-13(16-4-2)9-10-7-5-6-8-11(10)12(13)14/h5-6,8,10H,3-4,7,9,11H2,1-2H3;5-8H,3-4,9-10H2,1-2H3;5-8H,3-4,9H2,1-2H3. The first-order valence-electron chi connectivity index (χ1n) is 18.4. The summed E-state index contributed by atoms with van der Waals surface area (Å²) in [6.07, 6.45) is 4.38. The van der Waals surface area contributed by atoms with Crippen molar-refractivity contribution in [1.29, 1.82) is 0 Å². The van der Waals surface area contributed by atoms with E-state index in [9.17, 15) is 14.4 Å². The van der Waals surface area contributed by atoms with Gasteiger partial charge in [-0.3, -0.25) is 14.4 Å². The molecule has 9 heteroatoms. The molecule has 0 bridgehead atoms. The van der Waals surface area contributed by atoms with E-state index in [1.54, 1.807) is 0 Å². The fraction of sp³-hybridized carbons (Fsp3) is 0.500. The smallest absolute Gasteiger partial charge is 0.237 e. The second kappa shape index (κ2) is 18.8. The maximum atomic E-state index is 12.7. The third-order valence-corrected chi connectivity index (χ3v) is 9.19. The van der Waals surface area contributed by atoms with Crippen LogP contribution in [0.3, 0.4) is 0 Å². The van der Waals surface area contributed by atoms with E-state index in [-0.39, 0.29) is 17.3 Å². The lowest BCUT2D eigenvalue weighted by Crippen LogP contribution is -2.47. The number of carbonyl (C=O) groups excluding carboxylic acids is 3. The third-order valence-electron chi connectivity index (χ3n) is 9.19. The summed E-state index contributed by atoms with van der Waals surface area (Å²) in [6, 6.07) is 23.0. The Labute approximate surface area is 302 Å². The van der Waals surface area contributed by atoms with Crippen LogP contribution in [0.25, 0.3) is 0 Å². The molecule has 0 N–H and O–H groups in total. The largest absolute Gasteiger partial charge is 0.344 e. The van der Waals surface area contributed by atoms with Crippen molar-refractivity contribution in [2.75, 3.05) is 39.6 Å². The summed E-state index contributed by atoms with van der Waals surface area (Å²) < 4.78 is 33.7. The van der Waals surface area contributed by atoms with E-state index in [1.807, 2.05) is 114 Å². The zero-order valence-electron chi connectivity index (χ0n) is 31.1. The van der Waals surface area contributed by atoms with Crippen LogP contribution in [0.15, 0.2) is 72.8 Å². The number of ether oxygens (including phenoxy) is 6. The molecule has 51 heavy (non-hydrogen) atoms. The van der Waals surface area contributed by atoms with Crippen molar-refractivity contribution in [3.63, 3.8) is 0 Å². The van der Waals surface area contributed by atoms with E-state index in [0.717, 1.165) is 52.6 Å². The van der Waals surface area contributed by atoms with Crippen LogP contribution in [0.1, 0.15) is 109 Å². The molecule has 0 heterocycles. The Bertz CT molecular complexity index is 1600. The lowest BCUT2D eigenvalue weighted by atomic mass is 9.86. The summed E-state index contributed by atoms with van der Waals surface area (Å²) in [4.78, 5) is 37.4. The number of hydrogen-bond donors (Lipinski definition) is 0. The molecular weight excluding hydrogens is 648 g/mol. The van der Waals surface area contributed by atoms with Crippen LogP contribution in [0.2, 0.25) is 0 Å². The quantitative estimate of drug-likeness (QED) is 0.138. The SMILES string of the molecule is CCOC1(OCC)CCCc2ccccc2C1=O.CCOC1(OCC)CCc2ccccc2C1=O.CCOC1(OCC)Cc2ccccc2C1=O. The van der Waals surface area contributed by atoms with Crippen LogP contribution in [0.4, 0.5) is 0 Å². The predicted molar refractivity (Wildman–Crippen MR) is 195 cm³/mol. The maximum Gasteiger partial charge on any atom is 0.237 e. The Kier molecular flexibility index (Phi) is 14.8. The van der Waals surface area contributed by atoms with Gasteiger partial charge in [-0.25, -0.2) is 0 Å². The predicted octanol–water partition coefficient (Wildman–Crippen LogP) is 7.75. The molecule has 9 nitrogen and oxygen atoms in total. The van der Waals surface area contributed by atoms with Crippen LogP contribution < -0.4 is 0 Å². The Balaban J connectivity index is 0.000000172. The molecule has 0 fully saturated rings. The highest BCUT2D eigenvalue weighted by atomic mass is 16.7. The number of hydrogen-bond acceptors (Lipinski definition) is 9. The average molecular weight is 703 g/mol. The summed E-state index contributed by atoms with van der Waals surface area (Å²) in [5, 5.41) is 0. The maximum absolute atomic E-state index is 12.7. The molecule has 0 aromatic heterocycles. The molecular formula is C42H54O9. The van der Waals surface area contributed by atoms with E-state index < -0.39 is 17.4 Å². The number of aryl methyl sites for hydroxylation is 2. The van der Waals surface area contributed by atoms with Gasteiger partial charge < -0.3 is 28.4 Å². The molecule has 0 saturated carbocycles. The first-order chi connectivity index (χ1) is 24.7. The van der Waals surface area contributed by atoms with Gasteiger partial charge in [-0.2, -0.15) is 0 Å². The van der Waals surface area contributed by atoms with E-state index in [2.05, 4.69) is 0 Å². The minimum absolute atomic E-state index is 0.0284. The molecule has 0 spiro atoms.